The molecule has 0 aliphatic carbocycles. The van der Waals surface area contributed by atoms with Crippen LogP contribution in [0.5, 0.6) is 11.5 Å². The van der Waals surface area contributed by atoms with Crippen LogP contribution in [0.4, 0.5) is 0 Å². The Labute approximate surface area is 134 Å². The maximum absolute atomic E-state index is 11.6. The highest BCUT2D eigenvalue weighted by Gasteiger charge is 2.12. The van der Waals surface area contributed by atoms with Gasteiger partial charge in [0.05, 0.1) is 20.4 Å². The molecule has 2 amide bonds. The first kappa shape index (κ1) is 18.4. The fourth-order valence-electron chi connectivity index (χ4n) is 1.72. The molecule has 8 heteroatoms. The summed E-state index contributed by atoms with van der Waals surface area (Å²) < 4.78 is 15.2. The molecule has 0 fully saturated rings. The highest BCUT2D eigenvalue weighted by molar-refractivity contribution is 6.35. The van der Waals surface area contributed by atoms with Gasteiger partial charge in [0.1, 0.15) is 0 Å². The van der Waals surface area contributed by atoms with Crippen LogP contribution in [-0.4, -0.2) is 52.5 Å². The monoisotopic (exact) mass is 323 g/mol. The smallest absolute Gasteiger partial charge is 0.329 e. The van der Waals surface area contributed by atoms with Crippen molar-refractivity contribution in [2.75, 3.05) is 34.5 Å². The zero-order chi connectivity index (χ0) is 17.1. The molecule has 0 aromatic heterocycles. The Morgan fingerprint density at radius 3 is 2.61 bits per heavy atom. The van der Waals surface area contributed by atoms with E-state index >= 15 is 0 Å². The molecule has 0 heterocycles. The maximum atomic E-state index is 11.6. The number of benzene rings is 1. The molecule has 23 heavy (non-hydrogen) atoms. The van der Waals surface area contributed by atoms with Crippen molar-refractivity contribution in [1.82, 2.24) is 10.7 Å². The highest BCUT2D eigenvalue weighted by Crippen LogP contribution is 2.29. The number of hydrogen-bond acceptors (Lipinski definition) is 6. The minimum atomic E-state index is -0.847. The molecule has 0 spiro atoms. The molecule has 0 aliphatic rings. The van der Waals surface area contributed by atoms with Gasteiger partial charge in [-0.3, -0.25) is 9.59 Å². The Morgan fingerprint density at radius 1 is 1.17 bits per heavy atom. The van der Waals surface area contributed by atoms with Crippen LogP contribution in [0.15, 0.2) is 23.3 Å². The number of ether oxygens (including phenoxy) is 3. The third-order valence-corrected chi connectivity index (χ3v) is 2.82. The van der Waals surface area contributed by atoms with E-state index in [2.05, 4.69) is 15.8 Å². The van der Waals surface area contributed by atoms with Gasteiger partial charge in [-0.05, 0) is 18.6 Å². The molecular formula is C15H21N3O5. The number of rotatable bonds is 8. The van der Waals surface area contributed by atoms with Gasteiger partial charge in [-0.2, -0.15) is 5.10 Å². The van der Waals surface area contributed by atoms with Gasteiger partial charge >= 0.3 is 11.8 Å². The Hall–Kier alpha value is -2.61. The fourth-order valence-corrected chi connectivity index (χ4v) is 1.72. The standard InChI is InChI=1S/C15H21N3O5/c1-21-9-5-8-16-14(19)15(20)18-17-10-11-6-4-7-12(22-2)13(11)23-3/h4,6-7,10H,5,8-9H2,1-3H3,(H,16,19)(H,18,20)/b17-10+. The second-order valence-electron chi connectivity index (χ2n) is 4.38. The topological polar surface area (TPSA) is 98.2 Å². The van der Waals surface area contributed by atoms with Gasteiger partial charge < -0.3 is 19.5 Å². The number of carbonyl (C=O) groups excluding carboxylic acids is 2. The summed E-state index contributed by atoms with van der Waals surface area (Å²) in [5.41, 5.74) is 2.76. The lowest BCUT2D eigenvalue weighted by atomic mass is 10.2. The van der Waals surface area contributed by atoms with E-state index in [4.69, 9.17) is 14.2 Å². The van der Waals surface area contributed by atoms with Gasteiger partial charge in [0.2, 0.25) is 0 Å². The first-order chi connectivity index (χ1) is 11.1. The van der Waals surface area contributed by atoms with Crippen LogP contribution in [-0.2, 0) is 14.3 Å². The molecule has 8 nitrogen and oxygen atoms in total. The first-order valence-electron chi connectivity index (χ1n) is 6.95. The number of amides is 2. The van der Waals surface area contributed by atoms with Crippen molar-refractivity contribution in [2.45, 2.75) is 6.42 Å². The molecule has 0 aliphatic heterocycles. The lowest BCUT2D eigenvalue weighted by Crippen LogP contribution is -2.38. The van der Waals surface area contributed by atoms with Crippen LogP contribution in [0.25, 0.3) is 0 Å². The number of hydrogen-bond donors (Lipinski definition) is 2. The van der Waals surface area contributed by atoms with Crippen LogP contribution in [0.1, 0.15) is 12.0 Å². The van der Waals surface area contributed by atoms with Crippen molar-refractivity contribution < 1.29 is 23.8 Å². The summed E-state index contributed by atoms with van der Waals surface area (Å²) in [4.78, 5) is 23.0. The average molecular weight is 323 g/mol. The van der Waals surface area contributed by atoms with Crippen molar-refractivity contribution in [3.8, 4) is 11.5 Å². The number of nitrogens with zero attached hydrogens (tertiary/aromatic N) is 1. The van der Waals surface area contributed by atoms with Crippen LogP contribution < -0.4 is 20.2 Å². The number of carbonyl (C=O) groups is 2. The summed E-state index contributed by atoms with van der Waals surface area (Å²) >= 11 is 0. The summed E-state index contributed by atoms with van der Waals surface area (Å²) in [5, 5.41) is 6.20. The molecule has 0 unspecified atom stereocenters. The summed E-state index contributed by atoms with van der Waals surface area (Å²) in [5.74, 6) is -0.577. The summed E-state index contributed by atoms with van der Waals surface area (Å²) in [6.07, 6.45) is 2.00. The van der Waals surface area contributed by atoms with Crippen LogP contribution in [0, 0.1) is 0 Å². The van der Waals surface area contributed by atoms with Crippen molar-refractivity contribution in [2.24, 2.45) is 5.10 Å². The van der Waals surface area contributed by atoms with Crippen LogP contribution in [0.3, 0.4) is 0 Å². The number of hydrazone groups is 1. The summed E-state index contributed by atoms with van der Waals surface area (Å²) in [6, 6.07) is 5.23. The van der Waals surface area contributed by atoms with Gasteiger partial charge in [0.15, 0.2) is 11.5 Å². The van der Waals surface area contributed by atoms with E-state index in [0.29, 0.717) is 36.6 Å². The fraction of sp³-hybridized carbons (Fsp3) is 0.400. The molecule has 1 aromatic rings. The van der Waals surface area contributed by atoms with Gasteiger partial charge in [0, 0.05) is 25.8 Å². The minimum absolute atomic E-state index is 0.355. The van der Waals surface area contributed by atoms with Gasteiger partial charge in [0.25, 0.3) is 0 Å². The zero-order valence-electron chi connectivity index (χ0n) is 13.4. The molecule has 1 aromatic carbocycles. The van der Waals surface area contributed by atoms with Crippen LogP contribution >= 0.6 is 0 Å². The van der Waals surface area contributed by atoms with Gasteiger partial charge in [-0.15, -0.1) is 0 Å². The van der Waals surface area contributed by atoms with E-state index in [1.807, 2.05) is 0 Å². The van der Waals surface area contributed by atoms with Crippen molar-refractivity contribution >= 4 is 18.0 Å². The van der Waals surface area contributed by atoms with E-state index < -0.39 is 11.8 Å². The van der Waals surface area contributed by atoms with E-state index in [1.165, 1.54) is 20.4 Å². The SMILES string of the molecule is COCCCNC(=O)C(=O)N/N=C/c1cccc(OC)c1OC. The number of methoxy groups -OCH3 is 3. The molecule has 0 saturated carbocycles. The molecule has 126 valence electrons. The quantitative estimate of drug-likeness (QED) is 0.310. The maximum Gasteiger partial charge on any atom is 0.329 e. The predicted octanol–water partition coefficient (Wildman–Crippen LogP) is 0.307. The molecule has 0 atom stereocenters. The Morgan fingerprint density at radius 2 is 1.96 bits per heavy atom. The van der Waals surface area contributed by atoms with Gasteiger partial charge in [-0.25, -0.2) is 5.43 Å². The van der Waals surface area contributed by atoms with Crippen molar-refractivity contribution in [3.63, 3.8) is 0 Å². The first-order valence-corrected chi connectivity index (χ1v) is 6.95. The zero-order valence-corrected chi connectivity index (χ0v) is 13.4. The second kappa shape index (κ2) is 10.2. The van der Waals surface area contributed by atoms with E-state index in [-0.39, 0.29) is 0 Å². The molecule has 0 radical (unpaired) electrons. The lowest BCUT2D eigenvalue weighted by molar-refractivity contribution is -0.139. The normalized spacial score (nSPS) is 10.4. The van der Waals surface area contributed by atoms with Crippen molar-refractivity contribution in [1.29, 1.82) is 0 Å². The molecule has 1 rings (SSSR count). The van der Waals surface area contributed by atoms with Crippen LogP contribution in [0.2, 0.25) is 0 Å². The molecule has 0 bridgehead atoms. The third kappa shape index (κ3) is 5.95. The minimum Gasteiger partial charge on any atom is -0.493 e. The van der Waals surface area contributed by atoms with Crippen molar-refractivity contribution in [3.05, 3.63) is 23.8 Å². The lowest BCUT2D eigenvalue weighted by Gasteiger charge is -2.09. The Balaban J connectivity index is 2.55. The molecule has 0 saturated heterocycles. The third-order valence-electron chi connectivity index (χ3n) is 2.82. The highest BCUT2D eigenvalue weighted by atomic mass is 16.5. The Bertz CT molecular complexity index is 560. The van der Waals surface area contributed by atoms with Gasteiger partial charge in [-0.1, -0.05) is 6.07 Å². The molecular weight excluding hydrogens is 302 g/mol. The van der Waals surface area contributed by atoms with E-state index in [9.17, 15) is 9.59 Å². The number of nitrogens with one attached hydrogen (secondary N) is 2. The van der Waals surface area contributed by atoms with E-state index in [1.54, 1.807) is 25.3 Å². The number of para-hydroxylation sites is 1. The second-order valence-corrected chi connectivity index (χ2v) is 4.38. The summed E-state index contributed by atoms with van der Waals surface area (Å²) in [7, 11) is 4.59. The average Bonchev–Trinajstić information content (AvgIpc) is 2.57. The van der Waals surface area contributed by atoms with E-state index in [0.717, 1.165) is 0 Å². The summed E-state index contributed by atoms with van der Waals surface area (Å²) in [6.45, 7) is 0.864. The predicted molar refractivity (Wildman–Crippen MR) is 84.8 cm³/mol. The molecule has 2 N–H and O–H groups in total. The largest absolute Gasteiger partial charge is 0.493 e. The Kier molecular flexibility index (Phi) is 8.16.